The van der Waals surface area contributed by atoms with E-state index in [1.165, 1.54) is 17.0 Å². The fourth-order valence-electron chi connectivity index (χ4n) is 3.96. The standard InChI is InChI=1S/C25H25Cl2FN6O3/c1-15(22-18(26)7-8-19(28)23(22)27)37-20-13-21(30-31-24(20)29)34(14-35)17-5-3-16(4-6-17)25(36)33-11-9-32(2)10-12-33/h3-8,13-15H,9-12H2,1-2H3,(H2,29,31)/t15-/m1/s1. The summed E-state index contributed by atoms with van der Waals surface area (Å²) in [5.74, 6) is -0.523. The number of halogens is 3. The second kappa shape index (κ2) is 11.3. The molecule has 1 saturated heterocycles. The number of rotatable bonds is 7. The fraction of sp³-hybridized carbons (Fsp3) is 0.280. The van der Waals surface area contributed by atoms with Gasteiger partial charge in [0.05, 0.1) is 10.7 Å². The van der Waals surface area contributed by atoms with E-state index in [4.69, 9.17) is 33.7 Å². The molecule has 0 unspecified atom stereocenters. The molecule has 2 heterocycles. The molecule has 12 heteroatoms. The number of anilines is 3. The van der Waals surface area contributed by atoms with Crippen LogP contribution in [0.1, 0.15) is 28.9 Å². The van der Waals surface area contributed by atoms with Crippen LogP contribution in [0.3, 0.4) is 0 Å². The van der Waals surface area contributed by atoms with Gasteiger partial charge < -0.3 is 20.3 Å². The maximum atomic E-state index is 14.0. The van der Waals surface area contributed by atoms with Crippen molar-refractivity contribution in [2.45, 2.75) is 13.0 Å². The van der Waals surface area contributed by atoms with Crippen molar-refractivity contribution in [1.82, 2.24) is 20.0 Å². The van der Waals surface area contributed by atoms with Crippen LogP contribution in [0, 0.1) is 5.82 Å². The van der Waals surface area contributed by atoms with E-state index in [0.717, 1.165) is 19.2 Å². The average Bonchev–Trinajstić information content (AvgIpc) is 2.89. The maximum Gasteiger partial charge on any atom is 0.253 e. The van der Waals surface area contributed by atoms with Crippen LogP contribution >= 0.6 is 23.2 Å². The zero-order valence-corrected chi connectivity index (χ0v) is 21.7. The second-order valence-electron chi connectivity index (χ2n) is 8.59. The number of aromatic nitrogens is 2. The van der Waals surface area contributed by atoms with Crippen molar-refractivity contribution in [1.29, 1.82) is 0 Å². The molecule has 0 saturated carbocycles. The third kappa shape index (κ3) is 5.76. The molecular formula is C25H25Cl2FN6O3. The second-order valence-corrected chi connectivity index (χ2v) is 9.37. The van der Waals surface area contributed by atoms with Crippen molar-refractivity contribution < 1.29 is 18.7 Å². The summed E-state index contributed by atoms with van der Waals surface area (Å²) in [6.45, 7) is 4.58. The lowest BCUT2D eigenvalue weighted by molar-refractivity contribution is -0.106. The minimum Gasteiger partial charge on any atom is -0.482 e. The quantitative estimate of drug-likeness (QED) is 0.347. The lowest BCUT2D eigenvalue weighted by Crippen LogP contribution is -2.47. The summed E-state index contributed by atoms with van der Waals surface area (Å²) in [4.78, 5) is 30.0. The summed E-state index contributed by atoms with van der Waals surface area (Å²) >= 11 is 12.3. The number of carbonyl (C=O) groups excluding carboxylic acids is 2. The number of carbonyl (C=O) groups is 2. The number of likely N-dealkylation sites (N-methyl/N-ethyl adjacent to an activating group) is 1. The third-order valence-corrected chi connectivity index (χ3v) is 6.81. The molecule has 2 N–H and O–H groups in total. The van der Waals surface area contributed by atoms with E-state index in [9.17, 15) is 14.0 Å². The van der Waals surface area contributed by atoms with Crippen molar-refractivity contribution in [3.63, 3.8) is 0 Å². The van der Waals surface area contributed by atoms with Crippen molar-refractivity contribution in [3.8, 4) is 5.75 Å². The summed E-state index contributed by atoms with van der Waals surface area (Å²) < 4.78 is 19.9. The molecule has 9 nitrogen and oxygen atoms in total. The Balaban J connectivity index is 1.54. The predicted octanol–water partition coefficient (Wildman–Crippen LogP) is 4.33. The summed E-state index contributed by atoms with van der Waals surface area (Å²) in [6, 6.07) is 10.6. The third-order valence-electron chi connectivity index (χ3n) is 6.10. The van der Waals surface area contributed by atoms with Gasteiger partial charge in [0, 0.05) is 48.4 Å². The van der Waals surface area contributed by atoms with Gasteiger partial charge in [-0.2, -0.15) is 0 Å². The van der Waals surface area contributed by atoms with E-state index in [2.05, 4.69) is 15.1 Å². The summed E-state index contributed by atoms with van der Waals surface area (Å²) in [5.41, 5.74) is 7.16. The lowest BCUT2D eigenvalue weighted by Gasteiger charge is -2.32. The molecule has 0 radical (unpaired) electrons. The Hall–Kier alpha value is -3.47. The summed E-state index contributed by atoms with van der Waals surface area (Å²) in [5, 5.41) is 7.95. The number of nitrogen functional groups attached to an aromatic ring is 1. The molecule has 1 aromatic heterocycles. The number of hydrogen-bond acceptors (Lipinski definition) is 7. The van der Waals surface area contributed by atoms with E-state index < -0.39 is 11.9 Å². The number of hydrogen-bond donors (Lipinski definition) is 1. The number of nitrogens with two attached hydrogens (primary N) is 1. The minimum absolute atomic E-state index is 0.0433. The predicted molar refractivity (Wildman–Crippen MR) is 140 cm³/mol. The van der Waals surface area contributed by atoms with Crippen LogP contribution in [0.25, 0.3) is 0 Å². The van der Waals surface area contributed by atoms with Gasteiger partial charge in [-0.05, 0) is 50.4 Å². The molecule has 3 aromatic rings. The Labute approximate surface area is 223 Å². The van der Waals surface area contributed by atoms with Gasteiger partial charge in [-0.3, -0.25) is 14.5 Å². The van der Waals surface area contributed by atoms with Gasteiger partial charge in [0.25, 0.3) is 5.91 Å². The van der Waals surface area contributed by atoms with Crippen LogP contribution in [0.2, 0.25) is 10.0 Å². The van der Waals surface area contributed by atoms with Crippen LogP contribution < -0.4 is 15.4 Å². The Kier molecular flexibility index (Phi) is 8.11. The van der Waals surface area contributed by atoms with Crippen LogP contribution in [-0.4, -0.2) is 65.5 Å². The van der Waals surface area contributed by atoms with Crippen LogP contribution in [-0.2, 0) is 4.79 Å². The van der Waals surface area contributed by atoms with E-state index >= 15 is 0 Å². The number of ether oxygens (including phenoxy) is 1. The number of nitrogens with zero attached hydrogens (tertiary/aromatic N) is 5. The molecule has 2 amide bonds. The Morgan fingerprint density at radius 1 is 1.14 bits per heavy atom. The molecule has 4 rings (SSSR count). The van der Waals surface area contributed by atoms with Gasteiger partial charge in [0.2, 0.25) is 6.41 Å². The average molecular weight is 547 g/mol. The smallest absolute Gasteiger partial charge is 0.253 e. The van der Waals surface area contributed by atoms with Gasteiger partial charge >= 0.3 is 0 Å². The largest absolute Gasteiger partial charge is 0.482 e. The van der Waals surface area contributed by atoms with Crippen molar-refractivity contribution in [3.05, 3.63) is 69.5 Å². The number of piperazine rings is 1. The highest BCUT2D eigenvalue weighted by atomic mass is 35.5. The van der Waals surface area contributed by atoms with Gasteiger partial charge in [-0.1, -0.05) is 23.2 Å². The maximum absolute atomic E-state index is 14.0. The molecule has 1 atom stereocenters. The summed E-state index contributed by atoms with van der Waals surface area (Å²) in [6.07, 6.45) is -0.232. The van der Waals surface area contributed by atoms with Crippen molar-refractivity contribution >= 4 is 52.8 Å². The van der Waals surface area contributed by atoms with E-state index in [1.807, 2.05) is 7.05 Å². The molecule has 0 bridgehead atoms. The zero-order valence-electron chi connectivity index (χ0n) is 20.2. The molecule has 0 aliphatic carbocycles. The van der Waals surface area contributed by atoms with Gasteiger partial charge in [0.1, 0.15) is 11.9 Å². The molecule has 194 valence electrons. The highest BCUT2D eigenvalue weighted by Crippen LogP contribution is 2.37. The molecule has 37 heavy (non-hydrogen) atoms. The Morgan fingerprint density at radius 3 is 2.46 bits per heavy atom. The highest BCUT2D eigenvalue weighted by molar-refractivity contribution is 6.36. The van der Waals surface area contributed by atoms with Crippen LogP contribution in [0.15, 0.2) is 42.5 Å². The first-order chi connectivity index (χ1) is 17.7. The minimum atomic E-state index is -0.792. The molecule has 2 aromatic carbocycles. The molecule has 1 aliphatic rings. The topological polar surface area (TPSA) is 105 Å². The molecule has 1 aliphatic heterocycles. The van der Waals surface area contributed by atoms with Crippen molar-refractivity contribution in [2.24, 2.45) is 0 Å². The monoisotopic (exact) mass is 546 g/mol. The first kappa shape index (κ1) is 26.6. The first-order valence-electron chi connectivity index (χ1n) is 11.4. The van der Waals surface area contributed by atoms with Gasteiger partial charge in [-0.15, -0.1) is 10.2 Å². The molecule has 1 fully saturated rings. The first-order valence-corrected chi connectivity index (χ1v) is 12.2. The lowest BCUT2D eigenvalue weighted by atomic mass is 10.1. The van der Waals surface area contributed by atoms with Crippen molar-refractivity contribution in [2.75, 3.05) is 43.9 Å². The van der Waals surface area contributed by atoms with Gasteiger partial charge in [0.15, 0.2) is 17.4 Å². The van der Waals surface area contributed by atoms with E-state index in [0.29, 0.717) is 30.8 Å². The number of benzene rings is 2. The summed E-state index contributed by atoms with van der Waals surface area (Å²) in [7, 11) is 2.02. The van der Waals surface area contributed by atoms with Gasteiger partial charge in [-0.25, -0.2) is 4.39 Å². The van der Waals surface area contributed by atoms with E-state index in [1.54, 1.807) is 36.1 Å². The highest BCUT2D eigenvalue weighted by Gasteiger charge is 2.23. The zero-order chi connectivity index (χ0) is 26.7. The van der Waals surface area contributed by atoms with Crippen LogP contribution in [0.5, 0.6) is 5.75 Å². The van der Waals surface area contributed by atoms with Crippen LogP contribution in [0.4, 0.5) is 21.7 Å². The Bertz CT molecular complexity index is 1300. The number of amides is 2. The SMILES string of the molecule is C[C@@H](Oc1cc(N(C=O)c2ccc(C(=O)N3CCN(C)CC3)cc2)nnc1N)c1c(Cl)ccc(F)c1Cl. The molecule has 0 spiro atoms. The fourth-order valence-corrected chi connectivity index (χ4v) is 4.63. The molecular weight excluding hydrogens is 522 g/mol. The normalized spacial score (nSPS) is 14.8. The Morgan fingerprint density at radius 2 is 1.81 bits per heavy atom. The van der Waals surface area contributed by atoms with E-state index in [-0.39, 0.29) is 38.9 Å².